The third-order valence-electron chi connectivity index (χ3n) is 3.04. The minimum atomic E-state index is -0.446. The Hall–Kier alpha value is -2.23. The maximum atomic E-state index is 12.3. The minimum Gasteiger partial charge on any atom is -0.490 e. The van der Waals surface area contributed by atoms with Crippen molar-refractivity contribution >= 4 is 29.1 Å². The standard InChI is InChI=1S/C17H25N3O5S/c1-3-23-10-9-15(21)19-20-17(26)18-16(22)13-7-5-6-8-14(13)25-12-11-24-4-2/h5-8H,3-4,9-12H2,1-2H3,(H,19,21)(H2,18,20,22,26). The highest BCUT2D eigenvalue weighted by Gasteiger charge is 2.13. The van der Waals surface area contributed by atoms with Crippen molar-refractivity contribution in [2.75, 3.05) is 33.0 Å². The van der Waals surface area contributed by atoms with E-state index in [1.807, 2.05) is 13.8 Å². The first-order chi connectivity index (χ1) is 12.6. The highest BCUT2D eigenvalue weighted by molar-refractivity contribution is 7.80. The molecule has 0 saturated heterocycles. The number of amides is 2. The van der Waals surface area contributed by atoms with Crippen molar-refractivity contribution < 1.29 is 23.8 Å². The Morgan fingerprint density at radius 2 is 1.69 bits per heavy atom. The summed E-state index contributed by atoms with van der Waals surface area (Å²) in [4.78, 5) is 23.9. The van der Waals surface area contributed by atoms with Crippen LogP contribution in [0.1, 0.15) is 30.6 Å². The summed E-state index contributed by atoms with van der Waals surface area (Å²) in [5, 5.41) is 2.46. The molecule has 0 saturated carbocycles. The molecule has 0 aliphatic rings. The third kappa shape index (κ3) is 8.75. The molecule has 1 rings (SSSR count). The molecule has 9 heteroatoms. The fraction of sp³-hybridized carbons (Fsp3) is 0.471. The van der Waals surface area contributed by atoms with Crippen molar-refractivity contribution in [3.8, 4) is 5.75 Å². The second-order valence-corrected chi connectivity index (χ2v) is 5.35. The number of ether oxygens (including phenoxy) is 3. The van der Waals surface area contributed by atoms with Crippen LogP contribution >= 0.6 is 12.2 Å². The zero-order valence-corrected chi connectivity index (χ0v) is 15.8. The van der Waals surface area contributed by atoms with Crippen LogP contribution in [0.15, 0.2) is 24.3 Å². The minimum absolute atomic E-state index is 0.0242. The first-order valence-corrected chi connectivity index (χ1v) is 8.76. The Labute approximate surface area is 158 Å². The Bertz CT molecular complexity index is 598. The number of thiocarbonyl (C=S) groups is 1. The zero-order valence-electron chi connectivity index (χ0n) is 15.0. The highest BCUT2D eigenvalue weighted by atomic mass is 32.1. The van der Waals surface area contributed by atoms with E-state index >= 15 is 0 Å². The van der Waals surface area contributed by atoms with Crippen LogP contribution < -0.4 is 20.9 Å². The molecule has 0 atom stereocenters. The Morgan fingerprint density at radius 3 is 2.42 bits per heavy atom. The van der Waals surface area contributed by atoms with Crippen LogP contribution in [0.25, 0.3) is 0 Å². The van der Waals surface area contributed by atoms with Gasteiger partial charge in [-0.25, -0.2) is 0 Å². The number of nitrogens with one attached hydrogen (secondary N) is 3. The molecule has 26 heavy (non-hydrogen) atoms. The average Bonchev–Trinajstić information content (AvgIpc) is 2.64. The average molecular weight is 383 g/mol. The number of carbonyl (C=O) groups is 2. The van der Waals surface area contributed by atoms with E-state index in [1.165, 1.54) is 0 Å². The SMILES string of the molecule is CCOCCOc1ccccc1C(=O)NC(=S)NNC(=O)CCOCC. The number of rotatable bonds is 10. The van der Waals surface area contributed by atoms with E-state index in [0.717, 1.165) is 0 Å². The van der Waals surface area contributed by atoms with Gasteiger partial charge in [-0.05, 0) is 38.2 Å². The number of para-hydroxylation sites is 1. The van der Waals surface area contributed by atoms with Gasteiger partial charge in [0.2, 0.25) is 5.91 Å². The van der Waals surface area contributed by atoms with E-state index in [0.29, 0.717) is 44.3 Å². The van der Waals surface area contributed by atoms with Crippen LogP contribution in [0.4, 0.5) is 0 Å². The van der Waals surface area contributed by atoms with Gasteiger partial charge < -0.3 is 14.2 Å². The lowest BCUT2D eigenvalue weighted by Gasteiger charge is -2.13. The highest BCUT2D eigenvalue weighted by Crippen LogP contribution is 2.17. The fourth-order valence-electron chi connectivity index (χ4n) is 1.83. The van der Waals surface area contributed by atoms with Crippen molar-refractivity contribution in [1.29, 1.82) is 0 Å². The molecule has 0 aliphatic heterocycles. The van der Waals surface area contributed by atoms with Gasteiger partial charge in [-0.2, -0.15) is 0 Å². The fourth-order valence-corrected chi connectivity index (χ4v) is 1.98. The van der Waals surface area contributed by atoms with Crippen LogP contribution in [0.2, 0.25) is 0 Å². The van der Waals surface area contributed by atoms with Crippen LogP contribution in [0.3, 0.4) is 0 Å². The van der Waals surface area contributed by atoms with Gasteiger partial charge in [0, 0.05) is 13.2 Å². The van der Waals surface area contributed by atoms with Gasteiger partial charge in [-0.1, -0.05) is 12.1 Å². The molecule has 0 aliphatic carbocycles. The van der Waals surface area contributed by atoms with Gasteiger partial charge in [-0.3, -0.25) is 25.8 Å². The molecular formula is C17H25N3O5S. The second-order valence-electron chi connectivity index (χ2n) is 4.94. The topological polar surface area (TPSA) is 97.9 Å². The summed E-state index contributed by atoms with van der Waals surface area (Å²) in [6, 6.07) is 6.79. The van der Waals surface area contributed by atoms with E-state index in [9.17, 15) is 9.59 Å². The molecule has 3 N–H and O–H groups in total. The lowest BCUT2D eigenvalue weighted by atomic mass is 10.2. The first kappa shape index (κ1) is 21.8. The van der Waals surface area contributed by atoms with Crippen LogP contribution in [-0.4, -0.2) is 50.0 Å². The molecule has 1 aromatic carbocycles. The zero-order chi connectivity index (χ0) is 19.2. The second kappa shape index (κ2) is 13.0. The number of hydrazine groups is 1. The molecule has 8 nitrogen and oxygen atoms in total. The Kier molecular flexibility index (Phi) is 10.9. The molecule has 2 amide bonds. The maximum absolute atomic E-state index is 12.3. The van der Waals surface area contributed by atoms with Crippen molar-refractivity contribution in [3.05, 3.63) is 29.8 Å². The van der Waals surface area contributed by atoms with Crippen molar-refractivity contribution in [2.45, 2.75) is 20.3 Å². The predicted molar refractivity (Wildman–Crippen MR) is 101 cm³/mol. The molecule has 0 bridgehead atoms. The maximum Gasteiger partial charge on any atom is 0.261 e. The quantitative estimate of drug-likeness (QED) is 0.317. The number of hydrogen-bond acceptors (Lipinski definition) is 6. The summed E-state index contributed by atoms with van der Waals surface area (Å²) in [6.07, 6.45) is 0.188. The molecule has 144 valence electrons. The number of benzene rings is 1. The van der Waals surface area contributed by atoms with Crippen LogP contribution in [0.5, 0.6) is 5.75 Å². The molecular weight excluding hydrogens is 358 g/mol. The van der Waals surface area contributed by atoms with Gasteiger partial charge in [0.25, 0.3) is 5.91 Å². The summed E-state index contributed by atoms with van der Waals surface area (Å²) in [5.41, 5.74) is 5.19. The molecule has 0 aromatic heterocycles. The van der Waals surface area contributed by atoms with E-state index in [4.69, 9.17) is 26.4 Å². The largest absolute Gasteiger partial charge is 0.490 e. The van der Waals surface area contributed by atoms with Crippen molar-refractivity contribution in [1.82, 2.24) is 16.2 Å². The molecule has 0 fully saturated rings. The van der Waals surface area contributed by atoms with Crippen LogP contribution in [-0.2, 0) is 14.3 Å². The third-order valence-corrected chi connectivity index (χ3v) is 3.25. The van der Waals surface area contributed by atoms with Crippen molar-refractivity contribution in [2.24, 2.45) is 0 Å². The number of hydrogen-bond donors (Lipinski definition) is 3. The Balaban J connectivity index is 2.46. The van der Waals surface area contributed by atoms with Gasteiger partial charge in [0.1, 0.15) is 12.4 Å². The van der Waals surface area contributed by atoms with E-state index < -0.39 is 5.91 Å². The smallest absolute Gasteiger partial charge is 0.261 e. The summed E-state index contributed by atoms with van der Waals surface area (Å²) < 4.78 is 15.8. The monoisotopic (exact) mass is 383 g/mol. The summed E-state index contributed by atoms with van der Waals surface area (Å²) in [7, 11) is 0. The normalized spacial score (nSPS) is 10.1. The Morgan fingerprint density at radius 1 is 1.00 bits per heavy atom. The first-order valence-electron chi connectivity index (χ1n) is 8.35. The number of carbonyl (C=O) groups excluding carboxylic acids is 2. The van der Waals surface area contributed by atoms with Gasteiger partial charge >= 0.3 is 0 Å². The van der Waals surface area contributed by atoms with Crippen LogP contribution in [0, 0.1) is 0 Å². The summed E-state index contributed by atoms with van der Waals surface area (Å²) >= 11 is 5.00. The molecule has 0 heterocycles. The summed E-state index contributed by atoms with van der Waals surface area (Å²) in [6.45, 7) is 5.96. The predicted octanol–water partition coefficient (Wildman–Crippen LogP) is 1.16. The summed E-state index contributed by atoms with van der Waals surface area (Å²) in [5.74, 6) is -0.318. The van der Waals surface area contributed by atoms with Crippen molar-refractivity contribution in [3.63, 3.8) is 0 Å². The molecule has 1 aromatic rings. The van der Waals surface area contributed by atoms with E-state index in [1.54, 1.807) is 24.3 Å². The van der Waals surface area contributed by atoms with Gasteiger partial charge in [0.15, 0.2) is 5.11 Å². The lowest BCUT2D eigenvalue weighted by Crippen LogP contribution is -2.48. The van der Waals surface area contributed by atoms with E-state index in [-0.39, 0.29) is 17.4 Å². The molecule has 0 spiro atoms. The molecule has 0 radical (unpaired) electrons. The molecule has 0 unspecified atom stereocenters. The van der Waals surface area contributed by atoms with E-state index in [2.05, 4.69) is 16.2 Å². The van der Waals surface area contributed by atoms with Gasteiger partial charge in [-0.15, -0.1) is 0 Å². The van der Waals surface area contributed by atoms with Gasteiger partial charge in [0.05, 0.1) is 25.2 Å². The lowest BCUT2D eigenvalue weighted by molar-refractivity contribution is -0.122.